The molecule has 7 rings (SSSR count). The zero-order chi connectivity index (χ0) is 36.8. The molecule has 2 fully saturated rings. The number of oxime groups is 1. The Morgan fingerprint density at radius 1 is 0.981 bits per heavy atom. The van der Waals surface area contributed by atoms with Crippen LogP contribution in [0.5, 0.6) is 0 Å². The van der Waals surface area contributed by atoms with Crippen LogP contribution in [0.4, 0.5) is 4.79 Å². The van der Waals surface area contributed by atoms with Crippen LogP contribution < -0.4 is 15.5 Å². The summed E-state index contributed by atoms with van der Waals surface area (Å²) in [4.78, 5) is 61.1. The van der Waals surface area contributed by atoms with Crippen molar-refractivity contribution in [3.8, 4) is 11.1 Å². The number of hydrogen-bond donors (Lipinski definition) is 3. The van der Waals surface area contributed by atoms with E-state index >= 15 is 0 Å². The second-order valence-corrected chi connectivity index (χ2v) is 17.0. The second-order valence-electron chi connectivity index (χ2n) is 15.0. The first-order chi connectivity index (χ1) is 24.8. The molecule has 4 atom stereocenters. The number of rotatable bonds is 6. The van der Waals surface area contributed by atoms with Gasteiger partial charge in [-0.1, -0.05) is 65.8 Å². The minimum absolute atomic E-state index is 0.00579. The van der Waals surface area contributed by atoms with Gasteiger partial charge in [0.05, 0.1) is 11.2 Å². The number of allylic oxidation sites excluding steroid dienone is 1. The molecule has 2 saturated carbocycles. The molecule has 0 unspecified atom stereocenters. The Bertz CT molecular complexity index is 1970. The minimum Gasteiger partial charge on any atom is -0.443 e. The van der Waals surface area contributed by atoms with Crippen molar-refractivity contribution in [1.82, 2.24) is 20.5 Å². The van der Waals surface area contributed by atoms with Gasteiger partial charge in [-0.3, -0.25) is 19.1 Å². The fourth-order valence-electron chi connectivity index (χ4n) is 7.04. The lowest BCUT2D eigenvalue weighted by molar-refractivity contribution is -0.134. The standard InChI is InChI=1S/C38H43N5O8S/c1-37(2,3)50-36(47)40-43-19-11-5-4-6-12-23-22-38(23,35(46)42-52(48,49)25-17-18-25)39-33(44)30-20-24(21-31(30)34(43)45)51-41-32-28-15-9-7-13-26(28)27-14-8-10-16-29(27)32/h6-10,12-16,21,23-25,30H,4-5,11,17-20,22H2,1-3H3,(H,39,44)(H,40,47)(H,42,46)/b12-6-/t23-,24+,30+,38+/m0/s1. The smallest absolute Gasteiger partial charge is 0.426 e. The summed E-state index contributed by atoms with van der Waals surface area (Å²) in [5.41, 5.74) is 4.70. The van der Waals surface area contributed by atoms with E-state index in [-0.39, 0.29) is 25.0 Å². The first-order valence-electron chi connectivity index (χ1n) is 17.8. The minimum atomic E-state index is -3.88. The first-order valence-corrected chi connectivity index (χ1v) is 19.3. The Balaban J connectivity index is 1.20. The van der Waals surface area contributed by atoms with E-state index in [9.17, 15) is 27.6 Å². The molecule has 0 saturated heterocycles. The number of ether oxygens (including phenoxy) is 1. The summed E-state index contributed by atoms with van der Waals surface area (Å²) in [5.74, 6) is -3.60. The van der Waals surface area contributed by atoms with Gasteiger partial charge in [0.2, 0.25) is 15.9 Å². The molecule has 4 aliphatic carbocycles. The maximum Gasteiger partial charge on any atom is 0.426 e. The zero-order valence-electron chi connectivity index (χ0n) is 29.4. The number of hydrogen-bond acceptors (Lipinski definition) is 9. The molecule has 1 aliphatic heterocycles. The number of amides is 4. The van der Waals surface area contributed by atoms with Crippen LogP contribution in [0.3, 0.4) is 0 Å². The molecule has 14 heteroatoms. The molecule has 2 aromatic rings. The lowest BCUT2D eigenvalue weighted by atomic mass is 9.98. The van der Waals surface area contributed by atoms with Gasteiger partial charge in [0, 0.05) is 35.6 Å². The molecule has 274 valence electrons. The summed E-state index contributed by atoms with van der Waals surface area (Å²) in [5, 5.41) is 7.92. The highest BCUT2D eigenvalue weighted by molar-refractivity contribution is 7.91. The topological polar surface area (TPSA) is 173 Å². The van der Waals surface area contributed by atoms with Gasteiger partial charge in [0.25, 0.3) is 11.8 Å². The predicted molar refractivity (Wildman–Crippen MR) is 192 cm³/mol. The van der Waals surface area contributed by atoms with Gasteiger partial charge in [-0.2, -0.15) is 0 Å². The van der Waals surface area contributed by atoms with E-state index in [1.54, 1.807) is 20.8 Å². The molecule has 52 heavy (non-hydrogen) atoms. The van der Waals surface area contributed by atoms with Gasteiger partial charge in [0.1, 0.15) is 23.0 Å². The highest BCUT2D eigenvalue weighted by Gasteiger charge is 2.62. The van der Waals surface area contributed by atoms with Crippen LogP contribution in [0.1, 0.15) is 76.8 Å². The molecule has 2 aromatic carbocycles. The average Bonchev–Trinajstić information content (AvgIpc) is 3.99. The zero-order valence-corrected chi connectivity index (χ0v) is 30.2. The van der Waals surface area contributed by atoms with Gasteiger partial charge >= 0.3 is 6.09 Å². The van der Waals surface area contributed by atoms with E-state index in [0.29, 0.717) is 37.8 Å². The number of nitrogens with one attached hydrogen (secondary N) is 3. The molecule has 0 spiro atoms. The normalized spacial score (nSPS) is 26.3. The van der Waals surface area contributed by atoms with E-state index in [1.165, 1.54) is 6.08 Å². The Morgan fingerprint density at radius 2 is 1.63 bits per heavy atom. The Labute approximate surface area is 302 Å². The van der Waals surface area contributed by atoms with Crippen LogP contribution >= 0.6 is 0 Å². The van der Waals surface area contributed by atoms with Crippen LogP contribution in [0.15, 0.2) is 77.5 Å². The quantitative estimate of drug-likeness (QED) is 0.250. The third kappa shape index (κ3) is 7.21. The van der Waals surface area contributed by atoms with E-state index in [0.717, 1.165) is 27.3 Å². The Hall–Kier alpha value is -4.98. The third-order valence-corrected chi connectivity index (χ3v) is 11.7. The van der Waals surface area contributed by atoms with E-state index < -0.39 is 68.2 Å². The summed E-state index contributed by atoms with van der Waals surface area (Å²) in [7, 11) is -3.88. The average molecular weight is 730 g/mol. The van der Waals surface area contributed by atoms with Crippen molar-refractivity contribution in [2.45, 2.75) is 88.2 Å². The van der Waals surface area contributed by atoms with Crippen molar-refractivity contribution in [3.63, 3.8) is 0 Å². The maximum absolute atomic E-state index is 14.3. The highest BCUT2D eigenvalue weighted by atomic mass is 32.2. The van der Waals surface area contributed by atoms with Crippen LogP contribution in [0, 0.1) is 11.8 Å². The maximum atomic E-state index is 14.3. The predicted octanol–water partition coefficient (Wildman–Crippen LogP) is 4.24. The summed E-state index contributed by atoms with van der Waals surface area (Å²) in [6.07, 6.45) is 6.54. The Kier molecular flexibility index (Phi) is 9.22. The molecule has 13 nitrogen and oxygen atoms in total. The Morgan fingerprint density at radius 3 is 2.27 bits per heavy atom. The van der Waals surface area contributed by atoms with Gasteiger partial charge in [0.15, 0.2) is 0 Å². The van der Waals surface area contributed by atoms with Crippen molar-refractivity contribution in [3.05, 3.63) is 83.5 Å². The molecule has 5 aliphatic rings. The molecule has 1 heterocycles. The van der Waals surface area contributed by atoms with Crippen molar-refractivity contribution in [1.29, 1.82) is 0 Å². The van der Waals surface area contributed by atoms with Crippen LogP contribution in [0.2, 0.25) is 0 Å². The van der Waals surface area contributed by atoms with Crippen LogP contribution in [-0.4, -0.2) is 72.0 Å². The summed E-state index contributed by atoms with van der Waals surface area (Å²) in [6, 6.07) is 15.7. The lowest BCUT2D eigenvalue weighted by Gasteiger charge is -2.28. The van der Waals surface area contributed by atoms with E-state index in [4.69, 9.17) is 9.57 Å². The first kappa shape index (κ1) is 35.4. The fraction of sp³-hybridized carbons (Fsp3) is 0.447. The van der Waals surface area contributed by atoms with Crippen LogP contribution in [0.25, 0.3) is 11.1 Å². The third-order valence-electron chi connectivity index (χ3n) is 9.91. The second kappa shape index (κ2) is 13.5. The van der Waals surface area contributed by atoms with Crippen molar-refractivity contribution in [2.24, 2.45) is 17.0 Å². The summed E-state index contributed by atoms with van der Waals surface area (Å²) >= 11 is 0. The number of nitrogens with zero attached hydrogens (tertiary/aromatic N) is 2. The lowest BCUT2D eigenvalue weighted by Crippen LogP contribution is -2.54. The summed E-state index contributed by atoms with van der Waals surface area (Å²) in [6.45, 7) is 5.27. The van der Waals surface area contributed by atoms with Gasteiger partial charge in [-0.15, -0.1) is 0 Å². The number of carbonyl (C=O) groups is 4. The van der Waals surface area contributed by atoms with E-state index in [1.807, 2.05) is 60.7 Å². The van der Waals surface area contributed by atoms with Crippen molar-refractivity contribution >= 4 is 39.5 Å². The van der Waals surface area contributed by atoms with Crippen LogP contribution in [-0.2, 0) is 34.0 Å². The largest absolute Gasteiger partial charge is 0.443 e. The number of sulfonamides is 1. The SMILES string of the molecule is CC(C)(C)OC(=O)NN1CCCC/C=C\[C@H]2C[C@@]2(C(=O)NS(=O)(=O)C2CC2)NC(=O)[C@@H]2C[C@@H](ON=C3c4ccccc4-c4ccccc43)C=C2C1=O. The number of benzene rings is 2. The molecular weight excluding hydrogens is 687 g/mol. The van der Waals surface area contributed by atoms with Gasteiger partial charge in [-0.05, 0) is 76.5 Å². The van der Waals surface area contributed by atoms with Crippen molar-refractivity contribution < 1.29 is 37.2 Å². The highest BCUT2D eigenvalue weighted by Crippen LogP contribution is 2.46. The molecule has 0 aromatic heterocycles. The fourth-order valence-corrected chi connectivity index (χ4v) is 8.40. The van der Waals surface area contributed by atoms with Crippen molar-refractivity contribution in [2.75, 3.05) is 6.54 Å². The van der Waals surface area contributed by atoms with Gasteiger partial charge in [-0.25, -0.2) is 23.6 Å². The molecule has 0 bridgehead atoms. The number of hydrazine groups is 1. The van der Waals surface area contributed by atoms with Gasteiger partial charge < -0.3 is 14.9 Å². The molecule has 4 amide bonds. The number of carbonyl (C=O) groups excluding carboxylic acids is 4. The molecule has 0 radical (unpaired) electrons. The van der Waals surface area contributed by atoms with E-state index in [2.05, 4.69) is 20.6 Å². The summed E-state index contributed by atoms with van der Waals surface area (Å²) < 4.78 is 33.2. The number of fused-ring (bicyclic) bond motifs is 5. The molecule has 3 N–H and O–H groups in total. The monoisotopic (exact) mass is 729 g/mol. The molecular formula is C38H43N5O8S.